The molecule has 0 aliphatic carbocycles. The number of carbonyl (C=O) groups is 1. The van der Waals surface area contributed by atoms with E-state index in [1.165, 1.54) is 6.08 Å². The van der Waals surface area contributed by atoms with Crippen LogP contribution in [0.15, 0.2) is 18.5 Å². The molecule has 1 aromatic heterocycles. The van der Waals surface area contributed by atoms with Crippen LogP contribution in [0, 0.1) is 0 Å². The fourth-order valence-corrected chi connectivity index (χ4v) is 0.771. The van der Waals surface area contributed by atoms with E-state index in [1.54, 1.807) is 19.3 Å². The molecule has 1 N–H and O–H groups in total. The number of imidazole rings is 1. The summed E-state index contributed by atoms with van der Waals surface area (Å²) < 4.78 is 1.83. The molecule has 0 fully saturated rings. The monoisotopic (exact) mass is 195 g/mol. The van der Waals surface area contributed by atoms with E-state index in [4.69, 9.17) is 0 Å². The summed E-state index contributed by atoms with van der Waals surface area (Å²) in [6.07, 6.45) is 6.62. The first kappa shape index (κ1) is 12.4. The lowest BCUT2D eigenvalue weighted by molar-refractivity contribution is -0.115. The first-order valence-electron chi connectivity index (χ1n) is 4.61. The van der Waals surface area contributed by atoms with Crippen molar-refractivity contribution in [3.8, 4) is 0 Å². The van der Waals surface area contributed by atoms with Gasteiger partial charge in [0.15, 0.2) is 0 Å². The van der Waals surface area contributed by atoms with Gasteiger partial charge in [-0.2, -0.15) is 0 Å². The van der Waals surface area contributed by atoms with E-state index in [1.807, 2.05) is 31.7 Å². The molecule has 0 bridgehead atoms. The Morgan fingerprint density at radius 3 is 2.64 bits per heavy atom. The quantitative estimate of drug-likeness (QED) is 0.721. The van der Waals surface area contributed by atoms with E-state index in [9.17, 15) is 4.79 Å². The molecule has 4 heteroatoms. The zero-order valence-corrected chi connectivity index (χ0v) is 9.11. The number of carbonyl (C=O) groups excluding carboxylic acids is 1. The molecular formula is C10H17N3O. The second kappa shape index (κ2) is 6.88. The summed E-state index contributed by atoms with van der Waals surface area (Å²) in [7, 11) is 3.46. The second-order valence-corrected chi connectivity index (χ2v) is 2.34. The molecule has 1 aromatic rings. The predicted molar refractivity (Wildman–Crippen MR) is 57.7 cm³/mol. The summed E-state index contributed by atoms with van der Waals surface area (Å²) >= 11 is 0. The van der Waals surface area contributed by atoms with Gasteiger partial charge in [0.1, 0.15) is 5.82 Å². The summed E-state index contributed by atoms with van der Waals surface area (Å²) in [6, 6.07) is 0. The van der Waals surface area contributed by atoms with Gasteiger partial charge in [-0.1, -0.05) is 13.8 Å². The Labute approximate surface area is 84.7 Å². The normalized spacial score (nSPS) is 9.43. The Hall–Kier alpha value is -1.58. The third-order valence-electron chi connectivity index (χ3n) is 1.49. The first-order valence-corrected chi connectivity index (χ1v) is 4.61. The Balaban J connectivity index is 0.000000791. The van der Waals surface area contributed by atoms with Gasteiger partial charge in [-0.25, -0.2) is 4.98 Å². The number of nitrogens with one attached hydrogen (secondary N) is 1. The molecule has 14 heavy (non-hydrogen) atoms. The highest BCUT2D eigenvalue weighted by molar-refractivity contribution is 5.90. The van der Waals surface area contributed by atoms with Crippen LogP contribution in [0.25, 0.3) is 6.08 Å². The van der Waals surface area contributed by atoms with Gasteiger partial charge in [-0.15, -0.1) is 0 Å². The van der Waals surface area contributed by atoms with E-state index in [0.29, 0.717) is 0 Å². The standard InChI is InChI=1S/C8H11N3O.C2H6/c1-9-8(12)4-3-7-10-5-6-11(7)2;1-2/h3-6H,1-2H3,(H,9,12);1-2H3/b4-3+;. The Morgan fingerprint density at radius 1 is 1.57 bits per heavy atom. The van der Waals surface area contributed by atoms with Gasteiger partial charge in [0.2, 0.25) is 5.91 Å². The average molecular weight is 195 g/mol. The van der Waals surface area contributed by atoms with Crippen molar-refractivity contribution in [2.45, 2.75) is 13.8 Å². The Kier molecular flexibility index (Phi) is 6.11. The fourth-order valence-electron chi connectivity index (χ4n) is 0.771. The number of nitrogens with zero attached hydrogens (tertiary/aromatic N) is 2. The minimum absolute atomic E-state index is 0.127. The molecule has 0 saturated heterocycles. The maximum Gasteiger partial charge on any atom is 0.243 e. The van der Waals surface area contributed by atoms with Crippen molar-refractivity contribution < 1.29 is 4.79 Å². The van der Waals surface area contributed by atoms with Gasteiger partial charge in [-0.3, -0.25) is 4.79 Å². The lowest BCUT2D eigenvalue weighted by atomic mass is 10.4. The Bertz CT molecular complexity index is 302. The molecule has 1 rings (SSSR count). The SMILES string of the molecule is CC.CNC(=O)/C=C/c1nccn1C. The maximum absolute atomic E-state index is 10.8. The molecule has 0 aliphatic rings. The van der Waals surface area contributed by atoms with Gasteiger partial charge in [0.25, 0.3) is 0 Å². The predicted octanol–water partition coefficient (Wildman–Crippen LogP) is 1.21. The van der Waals surface area contributed by atoms with Crippen LogP contribution in [0.4, 0.5) is 0 Å². The van der Waals surface area contributed by atoms with E-state index in [2.05, 4.69) is 10.3 Å². The number of hydrogen-bond donors (Lipinski definition) is 1. The summed E-state index contributed by atoms with van der Waals surface area (Å²) in [5.74, 6) is 0.636. The molecule has 0 radical (unpaired) electrons. The molecule has 0 unspecified atom stereocenters. The zero-order chi connectivity index (χ0) is 11.0. The van der Waals surface area contributed by atoms with Crippen molar-refractivity contribution in [2.75, 3.05) is 7.05 Å². The topological polar surface area (TPSA) is 46.9 Å². The maximum atomic E-state index is 10.8. The third-order valence-corrected chi connectivity index (χ3v) is 1.49. The summed E-state index contributed by atoms with van der Waals surface area (Å²) in [4.78, 5) is 14.8. The van der Waals surface area contributed by atoms with E-state index in [0.717, 1.165) is 5.82 Å². The highest BCUT2D eigenvalue weighted by atomic mass is 16.1. The van der Waals surface area contributed by atoms with Crippen molar-refractivity contribution in [1.29, 1.82) is 0 Å². The second-order valence-electron chi connectivity index (χ2n) is 2.34. The van der Waals surface area contributed by atoms with Gasteiger partial charge in [0, 0.05) is 32.6 Å². The summed E-state index contributed by atoms with van der Waals surface area (Å²) in [5.41, 5.74) is 0. The summed E-state index contributed by atoms with van der Waals surface area (Å²) in [5, 5.41) is 2.48. The number of likely N-dealkylation sites (N-methyl/N-ethyl adjacent to an activating group) is 1. The van der Waals surface area contributed by atoms with Crippen LogP contribution in [-0.4, -0.2) is 22.5 Å². The van der Waals surface area contributed by atoms with Crippen molar-refractivity contribution in [3.05, 3.63) is 24.3 Å². The van der Waals surface area contributed by atoms with E-state index >= 15 is 0 Å². The fraction of sp³-hybridized carbons (Fsp3) is 0.400. The van der Waals surface area contributed by atoms with Crippen LogP contribution < -0.4 is 5.32 Å². The van der Waals surface area contributed by atoms with E-state index in [-0.39, 0.29) is 5.91 Å². The average Bonchev–Trinajstić information content (AvgIpc) is 2.63. The summed E-state index contributed by atoms with van der Waals surface area (Å²) in [6.45, 7) is 4.00. The number of aryl methyl sites for hydroxylation is 1. The molecule has 0 atom stereocenters. The van der Waals surface area contributed by atoms with Gasteiger partial charge >= 0.3 is 0 Å². The third kappa shape index (κ3) is 3.89. The van der Waals surface area contributed by atoms with Crippen molar-refractivity contribution >= 4 is 12.0 Å². The molecule has 0 aromatic carbocycles. The number of rotatable bonds is 2. The van der Waals surface area contributed by atoms with Crippen molar-refractivity contribution in [3.63, 3.8) is 0 Å². The molecule has 1 heterocycles. The highest BCUT2D eigenvalue weighted by Crippen LogP contribution is 1.95. The molecule has 78 valence electrons. The molecule has 0 spiro atoms. The lowest BCUT2D eigenvalue weighted by Crippen LogP contribution is -2.14. The Morgan fingerprint density at radius 2 is 2.21 bits per heavy atom. The molecule has 0 aliphatic heterocycles. The van der Waals surface area contributed by atoms with Crippen LogP contribution in [0.2, 0.25) is 0 Å². The molecule has 0 saturated carbocycles. The largest absolute Gasteiger partial charge is 0.356 e. The van der Waals surface area contributed by atoms with Crippen molar-refractivity contribution in [2.24, 2.45) is 7.05 Å². The highest BCUT2D eigenvalue weighted by Gasteiger charge is 1.93. The van der Waals surface area contributed by atoms with Gasteiger partial charge in [0.05, 0.1) is 0 Å². The smallest absolute Gasteiger partial charge is 0.243 e. The zero-order valence-electron chi connectivity index (χ0n) is 9.11. The number of hydrogen-bond acceptors (Lipinski definition) is 2. The minimum Gasteiger partial charge on any atom is -0.356 e. The van der Waals surface area contributed by atoms with Gasteiger partial charge < -0.3 is 9.88 Å². The molecule has 4 nitrogen and oxygen atoms in total. The first-order chi connectivity index (χ1) is 6.74. The van der Waals surface area contributed by atoms with Crippen LogP contribution in [0.5, 0.6) is 0 Å². The minimum atomic E-state index is -0.127. The lowest BCUT2D eigenvalue weighted by Gasteiger charge is -1.93. The van der Waals surface area contributed by atoms with Gasteiger partial charge in [-0.05, 0) is 6.08 Å². The molecular weight excluding hydrogens is 178 g/mol. The van der Waals surface area contributed by atoms with Crippen molar-refractivity contribution in [1.82, 2.24) is 14.9 Å². The van der Waals surface area contributed by atoms with Crippen LogP contribution in [-0.2, 0) is 11.8 Å². The number of aromatic nitrogens is 2. The van der Waals surface area contributed by atoms with Crippen LogP contribution in [0.3, 0.4) is 0 Å². The van der Waals surface area contributed by atoms with Crippen LogP contribution >= 0.6 is 0 Å². The molecule has 1 amide bonds. The van der Waals surface area contributed by atoms with Crippen LogP contribution in [0.1, 0.15) is 19.7 Å². The van der Waals surface area contributed by atoms with E-state index < -0.39 is 0 Å². The number of amides is 1.